The van der Waals surface area contributed by atoms with E-state index in [4.69, 9.17) is 18.9 Å². The van der Waals surface area contributed by atoms with Crippen molar-refractivity contribution in [2.45, 2.75) is 370 Å². The number of carbonyl (C=O) groups is 1. The van der Waals surface area contributed by atoms with Gasteiger partial charge >= 0.3 is 0 Å². The smallest absolute Gasteiger partial charge is 0.220 e. The molecule has 0 aromatic heterocycles. The zero-order valence-corrected chi connectivity index (χ0v) is 53.4. The minimum atomic E-state index is -1.79. The lowest BCUT2D eigenvalue weighted by molar-refractivity contribution is -0.359. The van der Waals surface area contributed by atoms with Crippen molar-refractivity contribution in [3.8, 4) is 0 Å². The molecule has 1 amide bonds. The lowest BCUT2D eigenvalue weighted by atomic mass is 9.97. The van der Waals surface area contributed by atoms with Crippen LogP contribution in [0, 0.1) is 0 Å². The van der Waals surface area contributed by atoms with Crippen molar-refractivity contribution in [3.05, 3.63) is 48.6 Å². The van der Waals surface area contributed by atoms with Gasteiger partial charge in [0.25, 0.3) is 0 Å². The maximum Gasteiger partial charge on any atom is 0.220 e. The van der Waals surface area contributed by atoms with Crippen molar-refractivity contribution in [1.82, 2.24) is 5.32 Å². The Bertz CT molecular complexity index is 1590. The summed E-state index contributed by atoms with van der Waals surface area (Å²) in [5.74, 6) is -0.251. The number of amides is 1. The molecule has 84 heavy (non-hydrogen) atoms. The first-order chi connectivity index (χ1) is 41.1. The maximum atomic E-state index is 13.3. The predicted octanol–water partition coefficient (Wildman–Crippen LogP) is 13.9. The highest BCUT2D eigenvalue weighted by Crippen LogP contribution is 2.30. The summed E-state index contributed by atoms with van der Waals surface area (Å²) in [7, 11) is 0. The minimum absolute atomic E-state index is 0.251. The van der Waals surface area contributed by atoms with Gasteiger partial charge in [0.1, 0.15) is 48.8 Å². The molecule has 2 rings (SSSR count). The topological polar surface area (TPSA) is 228 Å². The van der Waals surface area contributed by atoms with Crippen molar-refractivity contribution >= 4 is 5.91 Å². The number of ether oxygens (including phenoxy) is 4. The molecule has 0 aromatic rings. The lowest BCUT2D eigenvalue weighted by Crippen LogP contribution is -2.65. The van der Waals surface area contributed by atoms with Crippen molar-refractivity contribution in [2.75, 3.05) is 19.8 Å². The van der Waals surface area contributed by atoms with Gasteiger partial charge in [-0.25, -0.2) is 0 Å². The van der Waals surface area contributed by atoms with Gasteiger partial charge in [0.15, 0.2) is 12.6 Å². The van der Waals surface area contributed by atoms with Crippen LogP contribution < -0.4 is 5.32 Å². The molecule has 2 aliphatic rings. The Hall–Kier alpha value is -2.05. The number of unbranched alkanes of at least 4 members (excludes halogenated alkanes) is 38. The van der Waals surface area contributed by atoms with Crippen LogP contribution in [0.4, 0.5) is 0 Å². The van der Waals surface area contributed by atoms with E-state index in [1.54, 1.807) is 6.08 Å². The van der Waals surface area contributed by atoms with Crippen molar-refractivity contribution in [2.24, 2.45) is 0 Å². The highest BCUT2D eigenvalue weighted by molar-refractivity contribution is 5.76. The third-order valence-electron chi connectivity index (χ3n) is 16.9. The number of aliphatic hydroxyl groups is 8. The predicted molar refractivity (Wildman–Crippen MR) is 341 cm³/mol. The van der Waals surface area contributed by atoms with Crippen LogP contribution in [0.15, 0.2) is 48.6 Å². The Morgan fingerprint density at radius 1 is 0.417 bits per heavy atom. The molecule has 0 aliphatic carbocycles. The number of aliphatic hydroxyl groups excluding tert-OH is 8. The standard InChI is InChI=1S/C70H129NO13/c1-3-5-7-9-11-13-15-16-17-18-19-20-21-22-23-24-25-26-27-28-29-30-31-32-33-34-35-36-37-38-39-40-41-42-44-46-48-50-52-54-62(75)71-58(59(74)53-51-49-47-45-43-14-12-10-8-6-4-2)57-81-69-67(80)65(78)68(61(56-73)83-69)84-70-66(79)64(77)63(76)60(55-72)82-70/h8,10,18-19,43,45,51,53,58-61,63-70,72-74,76-80H,3-7,9,11-17,20-42,44,46-50,52,54-57H2,1-2H3,(H,71,75)/b10-8+,19-18-,45-43+,53-51+. The molecule has 0 spiro atoms. The number of hydrogen-bond acceptors (Lipinski definition) is 13. The summed E-state index contributed by atoms with van der Waals surface area (Å²) in [6.45, 7) is 2.71. The van der Waals surface area contributed by atoms with Gasteiger partial charge in [0.05, 0.1) is 32.0 Å². The summed E-state index contributed by atoms with van der Waals surface area (Å²) in [5, 5.41) is 87.0. The molecule has 9 N–H and O–H groups in total. The van der Waals surface area contributed by atoms with Gasteiger partial charge in [-0.15, -0.1) is 0 Å². The number of allylic oxidation sites excluding steroid dienone is 7. The fourth-order valence-electron chi connectivity index (χ4n) is 11.4. The van der Waals surface area contributed by atoms with Gasteiger partial charge in [-0.2, -0.15) is 0 Å². The number of rotatable bonds is 57. The molecule has 0 bridgehead atoms. The van der Waals surface area contributed by atoms with Crippen LogP contribution in [-0.2, 0) is 23.7 Å². The Morgan fingerprint density at radius 3 is 1.21 bits per heavy atom. The first kappa shape index (κ1) is 78.0. The molecule has 14 nitrogen and oxygen atoms in total. The monoisotopic (exact) mass is 1190 g/mol. The molecule has 2 heterocycles. The number of hydrogen-bond donors (Lipinski definition) is 9. The van der Waals surface area contributed by atoms with Gasteiger partial charge in [-0.05, 0) is 64.2 Å². The molecule has 0 aromatic carbocycles. The number of carbonyl (C=O) groups excluding carboxylic acids is 1. The summed E-state index contributed by atoms with van der Waals surface area (Å²) >= 11 is 0. The van der Waals surface area contributed by atoms with E-state index in [1.165, 1.54) is 212 Å². The second-order valence-corrected chi connectivity index (χ2v) is 24.6. The van der Waals surface area contributed by atoms with Crippen molar-refractivity contribution in [1.29, 1.82) is 0 Å². The van der Waals surface area contributed by atoms with E-state index in [0.29, 0.717) is 12.8 Å². The van der Waals surface area contributed by atoms with E-state index in [1.807, 2.05) is 6.08 Å². The molecule has 0 radical (unpaired) electrons. The largest absolute Gasteiger partial charge is 0.394 e. The van der Waals surface area contributed by atoms with Crippen LogP contribution in [0.2, 0.25) is 0 Å². The van der Waals surface area contributed by atoms with Crippen LogP contribution in [-0.4, -0.2) is 140 Å². The second kappa shape index (κ2) is 55.1. The molecular formula is C70H129NO13. The SMILES string of the molecule is CCC/C=C/CC/C=C/CC/C=C/C(O)C(COC1OC(CO)C(OC2OC(CO)C(O)C(O)C2O)C(O)C1O)NC(=O)CCCCCCCCCCCCCCCCCCCCCCCCCCCCC/C=C\CCCCCCCCCC. The average molecular weight is 1190 g/mol. The minimum Gasteiger partial charge on any atom is -0.394 e. The van der Waals surface area contributed by atoms with Crippen molar-refractivity contribution < 1.29 is 64.6 Å². The van der Waals surface area contributed by atoms with E-state index < -0.39 is 86.8 Å². The summed E-state index contributed by atoms with van der Waals surface area (Å²) in [6.07, 6.45) is 55.2. The van der Waals surface area contributed by atoms with E-state index in [-0.39, 0.29) is 18.9 Å². The molecular weight excluding hydrogens is 1060 g/mol. The molecule has 2 fully saturated rings. The maximum absolute atomic E-state index is 13.3. The normalized spacial score (nSPS) is 23.9. The third-order valence-corrected chi connectivity index (χ3v) is 16.9. The Labute approximate surface area is 512 Å². The molecule has 14 heteroatoms. The summed E-state index contributed by atoms with van der Waals surface area (Å²) in [4.78, 5) is 13.3. The fraction of sp³-hybridized carbons (Fsp3) is 0.871. The van der Waals surface area contributed by atoms with Gasteiger partial charge < -0.3 is 65.1 Å². The first-order valence-corrected chi connectivity index (χ1v) is 34.9. The van der Waals surface area contributed by atoms with Gasteiger partial charge in [0.2, 0.25) is 5.91 Å². The van der Waals surface area contributed by atoms with Crippen LogP contribution in [0.25, 0.3) is 0 Å². The van der Waals surface area contributed by atoms with Gasteiger partial charge in [-0.3, -0.25) is 4.79 Å². The van der Waals surface area contributed by atoms with Crippen LogP contribution >= 0.6 is 0 Å². The zero-order valence-electron chi connectivity index (χ0n) is 53.4. The summed E-state index contributed by atoms with van der Waals surface area (Å²) in [6, 6.07) is -0.936. The molecule has 2 saturated heterocycles. The van der Waals surface area contributed by atoms with Crippen molar-refractivity contribution in [3.63, 3.8) is 0 Å². The molecule has 12 atom stereocenters. The first-order valence-electron chi connectivity index (χ1n) is 34.9. The Morgan fingerprint density at radius 2 is 0.786 bits per heavy atom. The lowest BCUT2D eigenvalue weighted by Gasteiger charge is -2.46. The zero-order chi connectivity index (χ0) is 60.9. The van der Waals surface area contributed by atoms with Crippen LogP contribution in [0.3, 0.4) is 0 Å². The summed E-state index contributed by atoms with van der Waals surface area (Å²) in [5.41, 5.74) is 0. The number of nitrogens with one attached hydrogen (secondary N) is 1. The molecule has 492 valence electrons. The van der Waals surface area contributed by atoms with E-state index in [2.05, 4.69) is 55.6 Å². The molecule has 0 saturated carbocycles. The van der Waals surface area contributed by atoms with Crippen LogP contribution in [0.1, 0.15) is 296 Å². The van der Waals surface area contributed by atoms with E-state index in [9.17, 15) is 45.6 Å². The molecule has 12 unspecified atom stereocenters. The average Bonchev–Trinajstić information content (AvgIpc) is 2.32. The van der Waals surface area contributed by atoms with Gasteiger partial charge in [-0.1, -0.05) is 274 Å². The van der Waals surface area contributed by atoms with Gasteiger partial charge in [0, 0.05) is 6.42 Å². The highest BCUT2D eigenvalue weighted by Gasteiger charge is 2.51. The fourth-order valence-corrected chi connectivity index (χ4v) is 11.4. The summed E-state index contributed by atoms with van der Waals surface area (Å²) < 4.78 is 22.7. The Balaban J connectivity index is 1.53. The highest BCUT2D eigenvalue weighted by atomic mass is 16.7. The third kappa shape index (κ3) is 39.1. The van der Waals surface area contributed by atoms with E-state index in [0.717, 1.165) is 51.4 Å². The van der Waals surface area contributed by atoms with E-state index >= 15 is 0 Å². The second-order valence-electron chi connectivity index (χ2n) is 24.6. The quantitative estimate of drug-likeness (QED) is 0.0204. The Kier molecular flexibility index (Phi) is 51.1. The molecule has 2 aliphatic heterocycles. The van der Waals surface area contributed by atoms with Crippen LogP contribution in [0.5, 0.6) is 0 Å².